The summed E-state index contributed by atoms with van der Waals surface area (Å²) in [5, 5.41) is 0. The van der Waals surface area contributed by atoms with Crippen molar-refractivity contribution in [1.29, 1.82) is 0 Å². The number of rotatable bonds is 5. The molecule has 116 valence electrons. The van der Waals surface area contributed by atoms with E-state index < -0.39 is 0 Å². The Hall–Kier alpha value is -1.88. The van der Waals surface area contributed by atoms with Gasteiger partial charge in [-0.25, -0.2) is 4.39 Å². The minimum absolute atomic E-state index is 0.0907. The van der Waals surface area contributed by atoms with E-state index in [1.165, 1.54) is 18.2 Å². The smallest absolute Gasteiger partial charge is 0.260 e. The van der Waals surface area contributed by atoms with Gasteiger partial charge in [0.15, 0.2) is 6.61 Å². The molecule has 0 aromatic heterocycles. The number of aryl methyl sites for hydroxylation is 1. The molecule has 3 nitrogen and oxygen atoms in total. The summed E-state index contributed by atoms with van der Waals surface area (Å²) in [5.74, 6) is -0.0549. The van der Waals surface area contributed by atoms with Crippen LogP contribution in [0.2, 0.25) is 0 Å². The standard InChI is InChI=1S/C17H17BrFNO2/c1-12-5-3-4-6-13(12)10-20(2)17(21)11-22-16-8-7-14(19)9-15(16)18/h3-9H,10-11H2,1-2H3. The molecule has 0 saturated carbocycles. The second kappa shape index (κ2) is 7.40. The number of ether oxygens (including phenoxy) is 1. The zero-order chi connectivity index (χ0) is 16.1. The largest absolute Gasteiger partial charge is 0.483 e. The number of hydrogen-bond acceptors (Lipinski definition) is 2. The number of halogens is 2. The van der Waals surface area contributed by atoms with Gasteiger partial charge in [-0.05, 0) is 52.2 Å². The SMILES string of the molecule is Cc1ccccc1CN(C)C(=O)COc1ccc(F)cc1Br. The van der Waals surface area contributed by atoms with Crippen molar-refractivity contribution in [2.45, 2.75) is 13.5 Å². The van der Waals surface area contributed by atoms with E-state index in [1.54, 1.807) is 11.9 Å². The summed E-state index contributed by atoms with van der Waals surface area (Å²) >= 11 is 3.21. The predicted molar refractivity (Wildman–Crippen MR) is 87.2 cm³/mol. The fraction of sp³-hybridized carbons (Fsp3) is 0.235. The number of carbonyl (C=O) groups is 1. The monoisotopic (exact) mass is 365 g/mol. The summed E-state index contributed by atoms with van der Waals surface area (Å²) < 4.78 is 18.9. The van der Waals surface area contributed by atoms with Gasteiger partial charge in [0.2, 0.25) is 0 Å². The maximum atomic E-state index is 13.0. The maximum absolute atomic E-state index is 13.0. The van der Waals surface area contributed by atoms with E-state index >= 15 is 0 Å². The fourth-order valence-electron chi connectivity index (χ4n) is 1.97. The maximum Gasteiger partial charge on any atom is 0.260 e. The van der Waals surface area contributed by atoms with Crippen molar-refractivity contribution in [3.63, 3.8) is 0 Å². The zero-order valence-corrected chi connectivity index (χ0v) is 14.1. The lowest BCUT2D eigenvalue weighted by Crippen LogP contribution is -2.31. The van der Waals surface area contributed by atoms with Crippen LogP contribution in [0.4, 0.5) is 4.39 Å². The molecule has 0 aliphatic heterocycles. The number of carbonyl (C=O) groups excluding carboxylic acids is 1. The van der Waals surface area contributed by atoms with Crippen molar-refractivity contribution in [3.8, 4) is 5.75 Å². The van der Waals surface area contributed by atoms with E-state index in [0.29, 0.717) is 16.8 Å². The molecule has 0 atom stereocenters. The molecule has 0 radical (unpaired) electrons. The van der Waals surface area contributed by atoms with Crippen molar-refractivity contribution >= 4 is 21.8 Å². The highest BCUT2D eigenvalue weighted by atomic mass is 79.9. The lowest BCUT2D eigenvalue weighted by atomic mass is 10.1. The average Bonchev–Trinajstić information content (AvgIpc) is 2.48. The Morgan fingerprint density at radius 3 is 2.68 bits per heavy atom. The molecule has 0 fully saturated rings. The molecule has 2 aromatic rings. The van der Waals surface area contributed by atoms with Crippen LogP contribution >= 0.6 is 15.9 Å². The van der Waals surface area contributed by atoms with E-state index in [4.69, 9.17) is 4.74 Å². The summed E-state index contributed by atoms with van der Waals surface area (Å²) in [6.45, 7) is 2.45. The van der Waals surface area contributed by atoms with Crippen molar-refractivity contribution < 1.29 is 13.9 Å². The van der Waals surface area contributed by atoms with Crippen LogP contribution in [0, 0.1) is 12.7 Å². The van der Waals surface area contributed by atoms with Crippen LogP contribution in [0.3, 0.4) is 0 Å². The Kier molecular flexibility index (Phi) is 5.55. The van der Waals surface area contributed by atoms with Crippen LogP contribution in [0.1, 0.15) is 11.1 Å². The van der Waals surface area contributed by atoms with Gasteiger partial charge in [0.25, 0.3) is 5.91 Å². The molecule has 0 spiro atoms. The lowest BCUT2D eigenvalue weighted by molar-refractivity contribution is -0.132. The van der Waals surface area contributed by atoms with Crippen LogP contribution in [0.5, 0.6) is 5.75 Å². The number of nitrogens with zero attached hydrogens (tertiary/aromatic N) is 1. The molecule has 0 bridgehead atoms. The Bertz CT molecular complexity index is 675. The Labute approximate surface area is 137 Å². The van der Waals surface area contributed by atoms with E-state index in [2.05, 4.69) is 15.9 Å². The van der Waals surface area contributed by atoms with Gasteiger partial charge in [0.05, 0.1) is 4.47 Å². The first-order valence-corrected chi connectivity index (χ1v) is 7.63. The van der Waals surface area contributed by atoms with Crippen molar-refractivity contribution in [1.82, 2.24) is 4.90 Å². The van der Waals surface area contributed by atoms with Crippen molar-refractivity contribution in [2.75, 3.05) is 13.7 Å². The number of benzene rings is 2. The topological polar surface area (TPSA) is 29.5 Å². The molecule has 1 amide bonds. The molecule has 0 N–H and O–H groups in total. The number of likely N-dealkylation sites (N-methyl/N-ethyl adjacent to an activating group) is 1. The van der Waals surface area contributed by atoms with Gasteiger partial charge in [0, 0.05) is 13.6 Å². The fourth-order valence-corrected chi connectivity index (χ4v) is 2.44. The second-order valence-electron chi connectivity index (χ2n) is 5.04. The van der Waals surface area contributed by atoms with Crippen LogP contribution in [0.15, 0.2) is 46.9 Å². The highest BCUT2D eigenvalue weighted by Crippen LogP contribution is 2.25. The lowest BCUT2D eigenvalue weighted by Gasteiger charge is -2.19. The van der Waals surface area contributed by atoms with E-state index in [-0.39, 0.29) is 18.3 Å². The average molecular weight is 366 g/mol. The molecule has 2 rings (SSSR count). The predicted octanol–water partition coefficient (Wildman–Crippen LogP) is 3.93. The molecule has 22 heavy (non-hydrogen) atoms. The molecule has 0 aliphatic carbocycles. The summed E-state index contributed by atoms with van der Waals surface area (Å²) in [6, 6.07) is 12.0. The minimum Gasteiger partial charge on any atom is -0.483 e. The molecule has 5 heteroatoms. The van der Waals surface area contributed by atoms with Crippen LogP contribution in [-0.2, 0) is 11.3 Å². The normalized spacial score (nSPS) is 10.4. The van der Waals surface area contributed by atoms with E-state index in [0.717, 1.165) is 11.1 Å². The van der Waals surface area contributed by atoms with Crippen molar-refractivity contribution in [2.24, 2.45) is 0 Å². The quantitative estimate of drug-likeness (QED) is 0.803. The Morgan fingerprint density at radius 2 is 2.00 bits per heavy atom. The van der Waals surface area contributed by atoms with Crippen LogP contribution in [-0.4, -0.2) is 24.5 Å². The van der Waals surface area contributed by atoms with E-state index in [1.807, 2.05) is 31.2 Å². The molecular formula is C17H17BrFNO2. The van der Waals surface area contributed by atoms with Crippen LogP contribution in [0.25, 0.3) is 0 Å². The van der Waals surface area contributed by atoms with E-state index in [9.17, 15) is 9.18 Å². The van der Waals surface area contributed by atoms with Gasteiger partial charge in [-0.3, -0.25) is 4.79 Å². The van der Waals surface area contributed by atoms with Crippen LogP contribution < -0.4 is 4.74 Å². The first-order chi connectivity index (χ1) is 10.5. The summed E-state index contributed by atoms with van der Waals surface area (Å²) in [7, 11) is 1.73. The molecule has 0 unspecified atom stereocenters. The number of amides is 1. The van der Waals surface area contributed by atoms with Gasteiger partial charge in [-0.15, -0.1) is 0 Å². The molecule has 0 heterocycles. The van der Waals surface area contributed by atoms with Gasteiger partial charge in [-0.1, -0.05) is 24.3 Å². The van der Waals surface area contributed by atoms with Crippen molar-refractivity contribution in [3.05, 3.63) is 63.9 Å². The molecule has 0 aliphatic rings. The summed E-state index contributed by atoms with van der Waals surface area (Å²) in [4.78, 5) is 13.7. The van der Waals surface area contributed by atoms with Gasteiger partial charge in [-0.2, -0.15) is 0 Å². The third-order valence-corrected chi connectivity index (χ3v) is 3.96. The Morgan fingerprint density at radius 1 is 1.27 bits per heavy atom. The first kappa shape index (κ1) is 16.5. The van der Waals surface area contributed by atoms with Gasteiger partial charge >= 0.3 is 0 Å². The minimum atomic E-state index is -0.359. The van der Waals surface area contributed by atoms with Gasteiger partial charge < -0.3 is 9.64 Å². The highest BCUT2D eigenvalue weighted by Gasteiger charge is 2.12. The zero-order valence-electron chi connectivity index (χ0n) is 12.5. The van der Waals surface area contributed by atoms with Gasteiger partial charge in [0.1, 0.15) is 11.6 Å². The summed E-state index contributed by atoms with van der Waals surface area (Å²) in [5.41, 5.74) is 2.24. The third kappa shape index (κ3) is 4.31. The summed E-state index contributed by atoms with van der Waals surface area (Å²) in [6.07, 6.45) is 0. The second-order valence-corrected chi connectivity index (χ2v) is 5.89. The highest BCUT2D eigenvalue weighted by molar-refractivity contribution is 9.10. The molecular weight excluding hydrogens is 349 g/mol. The Balaban J connectivity index is 1.93. The molecule has 2 aromatic carbocycles. The third-order valence-electron chi connectivity index (χ3n) is 3.34. The first-order valence-electron chi connectivity index (χ1n) is 6.83. The number of hydrogen-bond donors (Lipinski definition) is 0. The molecule has 0 saturated heterocycles.